The average Bonchev–Trinajstić information content (AvgIpc) is 3.58. The van der Waals surface area contributed by atoms with Gasteiger partial charge in [-0.05, 0) is 169 Å². The van der Waals surface area contributed by atoms with Crippen molar-refractivity contribution >= 4 is 74.3 Å². The molecule has 366 valence electrons. The Morgan fingerprint density at radius 1 is 0.405 bits per heavy atom. The second kappa shape index (κ2) is 17.3. The molecule has 3 aliphatic rings. The van der Waals surface area contributed by atoms with E-state index in [-0.39, 0.29) is 28.4 Å². The Kier molecular flexibility index (Phi) is 11.1. The first-order valence-corrected chi connectivity index (χ1v) is 26.8. The molecule has 1 aliphatic carbocycles. The van der Waals surface area contributed by atoms with E-state index in [2.05, 4.69) is 291 Å². The van der Waals surface area contributed by atoms with Gasteiger partial charge in [-0.15, -0.1) is 0 Å². The van der Waals surface area contributed by atoms with Gasteiger partial charge >= 0.3 is 0 Å². The van der Waals surface area contributed by atoms with Crippen LogP contribution in [0.5, 0.6) is 0 Å². The molecular formula is C70H68BN3. The number of benzene rings is 9. The molecule has 0 spiro atoms. The standard InChI is InChI=1S/C70H68BN3/c1-46-38-49(47-24-16-12-17-25-47)32-35-60(46)73-63-44-57-56(69(8,9)45-70(57,10)11)43-59(63)71-58-40-51(68(5,6)7)34-37-62(58)74(61-36-33-50(67(2,3)4)39-55(61)48-26-18-13-19-27-48)65-42-54(41-64(73)66(65)71)72(52-28-20-14-21-29-52)53-30-22-15-23-31-53/h12-44H,45H2,1-11H3. The van der Waals surface area contributed by atoms with E-state index in [0.29, 0.717) is 0 Å². The highest BCUT2D eigenvalue weighted by Gasteiger charge is 2.49. The fourth-order valence-corrected chi connectivity index (χ4v) is 12.9. The van der Waals surface area contributed by atoms with Gasteiger partial charge in [-0.2, -0.15) is 0 Å². The highest BCUT2D eigenvalue weighted by atomic mass is 15.2. The third kappa shape index (κ3) is 7.88. The lowest BCUT2D eigenvalue weighted by Crippen LogP contribution is -2.62. The van der Waals surface area contributed by atoms with Crippen molar-refractivity contribution in [1.82, 2.24) is 0 Å². The van der Waals surface area contributed by atoms with Crippen LogP contribution in [-0.2, 0) is 21.7 Å². The topological polar surface area (TPSA) is 9.72 Å². The SMILES string of the molecule is Cc1cc(-c2ccccc2)ccc1N1c2cc3c(cc2B2c4cc(C(C)(C)C)ccc4N(c4ccc(C(C)(C)C)cc4-c4ccccc4)c4cc(N(c5ccccc5)c5ccccc5)cc1c42)C(C)(C)CC3(C)C. The second-order valence-electron chi connectivity index (χ2n) is 24.6. The monoisotopic (exact) mass is 962 g/mol. The number of anilines is 9. The number of para-hydroxylation sites is 2. The van der Waals surface area contributed by atoms with Crippen LogP contribution in [0.4, 0.5) is 51.2 Å². The first-order chi connectivity index (χ1) is 35.4. The maximum Gasteiger partial charge on any atom is 0.252 e. The first kappa shape index (κ1) is 47.4. The third-order valence-corrected chi connectivity index (χ3v) is 16.4. The van der Waals surface area contributed by atoms with E-state index in [0.717, 1.165) is 29.2 Å². The Morgan fingerprint density at radius 3 is 1.43 bits per heavy atom. The summed E-state index contributed by atoms with van der Waals surface area (Å²) in [5.41, 5.74) is 26.0. The van der Waals surface area contributed by atoms with Gasteiger partial charge < -0.3 is 14.7 Å². The summed E-state index contributed by atoms with van der Waals surface area (Å²) in [6.45, 7) is 26.2. The fourth-order valence-electron chi connectivity index (χ4n) is 12.9. The lowest BCUT2D eigenvalue weighted by Gasteiger charge is -2.46. The molecule has 3 nitrogen and oxygen atoms in total. The van der Waals surface area contributed by atoms with Gasteiger partial charge in [-0.25, -0.2) is 0 Å². The molecule has 9 aromatic rings. The summed E-state index contributed by atoms with van der Waals surface area (Å²) < 4.78 is 0. The summed E-state index contributed by atoms with van der Waals surface area (Å²) in [7, 11) is 0. The minimum absolute atomic E-state index is 0.000943. The molecule has 0 saturated carbocycles. The minimum atomic E-state index is -0.0760. The van der Waals surface area contributed by atoms with Crippen LogP contribution in [0, 0.1) is 6.92 Å². The Labute approximate surface area is 441 Å². The van der Waals surface area contributed by atoms with Gasteiger partial charge in [0.15, 0.2) is 0 Å². The molecule has 74 heavy (non-hydrogen) atoms. The molecule has 9 aromatic carbocycles. The Bertz CT molecular complexity index is 3580. The molecule has 0 N–H and O–H groups in total. The predicted octanol–water partition coefficient (Wildman–Crippen LogP) is 17.4. The highest BCUT2D eigenvalue weighted by Crippen LogP contribution is 2.55. The first-order valence-electron chi connectivity index (χ1n) is 26.8. The zero-order chi connectivity index (χ0) is 51.5. The van der Waals surface area contributed by atoms with E-state index in [9.17, 15) is 0 Å². The molecule has 0 saturated heterocycles. The number of rotatable bonds is 7. The van der Waals surface area contributed by atoms with Crippen LogP contribution in [0.15, 0.2) is 200 Å². The molecule has 0 atom stereocenters. The molecule has 0 amide bonds. The quantitative estimate of drug-likeness (QED) is 0.147. The Morgan fingerprint density at radius 2 is 0.878 bits per heavy atom. The van der Waals surface area contributed by atoms with Crippen LogP contribution in [0.1, 0.15) is 103 Å². The van der Waals surface area contributed by atoms with Crippen molar-refractivity contribution in [3.05, 3.63) is 228 Å². The molecule has 0 radical (unpaired) electrons. The van der Waals surface area contributed by atoms with Gasteiger partial charge in [0, 0.05) is 45.4 Å². The maximum atomic E-state index is 2.66. The lowest BCUT2D eigenvalue weighted by atomic mass is 9.33. The van der Waals surface area contributed by atoms with Gasteiger partial charge in [-0.1, -0.05) is 197 Å². The van der Waals surface area contributed by atoms with Crippen LogP contribution in [0.2, 0.25) is 0 Å². The van der Waals surface area contributed by atoms with Gasteiger partial charge in [0.2, 0.25) is 0 Å². The number of fused-ring (bicyclic) bond motifs is 5. The molecule has 0 unspecified atom stereocenters. The van der Waals surface area contributed by atoms with E-state index in [1.807, 2.05) is 0 Å². The molecule has 2 aliphatic heterocycles. The summed E-state index contributed by atoms with van der Waals surface area (Å²) in [6, 6.07) is 75.8. The normalized spacial score (nSPS) is 15.0. The van der Waals surface area contributed by atoms with Gasteiger partial charge in [0.05, 0.1) is 11.4 Å². The van der Waals surface area contributed by atoms with E-state index in [1.165, 1.54) is 94.9 Å². The van der Waals surface area contributed by atoms with E-state index >= 15 is 0 Å². The minimum Gasteiger partial charge on any atom is -0.311 e. The van der Waals surface area contributed by atoms with Crippen molar-refractivity contribution in [1.29, 1.82) is 0 Å². The van der Waals surface area contributed by atoms with E-state index in [4.69, 9.17) is 0 Å². The summed E-state index contributed by atoms with van der Waals surface area (Å²) >= 11 is 0. The van der Waals surface area contributed by atoms with Crippen LogP contribution in [-0.4, -0.2) is 6.71 Å². The molecule has 2 heterocycles. The number of nitrogens with zero attached hydrogens (tertiary/aromatic N) is 3. The fraction of sp³-hybridized carbons (Fsp3) is 0.229. The van der Waals surface area contributed by atoms with E-state index in [1.54, 1.807) is 0 Å². The summed E-state index contributed by atoms with van der Waals surface area (Å²) in [6.07, 6.45) is 1.09. The predicted molar refractivity (Wildman–Crippen MR) is 319 cm³/mol. The van der Waals surface area contributed by atoms with Crippen LogP contribution in [0.3, 0.4) is 0 Å². The van der Waals surface area contributed by atoms with Gasteiger partial charge in [0.25, 0.3) is 6.71 Å². The molecule has 0 fully saturated rings. The van der Waals surface area contributed by atoms with Crippen molar-refractivity contribution in [2.75, 3.05) is 14.7 Å². The van der Waals surface area contributed by atoms with Crippen molar-refractivity contribution in [2.45, 2.75) is 104 Å². The average molecular weight is 962 g/mol. The molecule has 0 aromatic heterocycles. The van der Waals surface area contributed by atoms with Crippen molar-refractivity contribution < 1.29 is 0 Å². The highest BCUT2D eigenvalue weighted by molar-refractivity contribution is 7.00. The lowest BCUT2D eigenvalue weighted by molar-refractivity contribution is 0.403. The number of hydrogen-bond donors (Lipinski definition) is 0. The largest absolute Gasteiger partial charge is 0.311 e. The summed E-state index contributed by atoms with van der Waals surface area (Å²) in [5, 5.41) is 0. The van der Waals surface area contributed by atoms with Crippen LogP contribution in [0.25, 0.3) is 22.3 Å². The Hall–Kier alpha value is -7.56. The smallest absolute Gasteiger partial charge is 0.252 e. The zero-order valence-corrected chi connectivity index (χ0v) is 45.2. The molecular weight excluding hydrogens is 894 g/mol. The molecule has 12 rings (SSSR count). The number of aryl methyl sites for hydroxylation is 1. The zero-order valence-electron chi connectivity index (χ0n) is 45.2. The third-order valence-electron chi connectivity index (χ3n) is 16.4. The Balaban J connectivity index is 1.25. The number of hydrogen-bond acceptors (Lipinski definition) is 3. The van der Waals surface area contributed by atoms with Gasteiger partial charge in [-0.3, -0.25) is 0 Å². The van der Waals surface area contributed by atoms with Crippen LogP contribution >= 0.6 is 0 Å². The maximum absolute atomic E-state index is 2.66. The van der Waals surface area contributed by atoms with Crippen LogP contribution < -0.4 is 31.1 Å². The summed E-state index contributed by atoms with van der Waals surface area (Å²) in [5.74, 6) is 0. The van der Waals surface area contributed by atoms with Crippen molar-refractivity contribution in [3.63, 3.8) is 0 Å². The van der Waals surface area contributed by atoms with E-state index < -0.39 is 0 Å². The van der Waals surface area contributed by atoms with Crippen molar-refractivity contribution in [2.24, 2.45) is 0 Å². The second-order valence-corrected chi connectivity index (χ2v) is 24.6. The van der Waals surface area contributed by atoms with Gasteiger partial charge in [0.1, 0.15) is 0 Å². The summed E-state index contributed by atoms with van der Waals surface area (Å²) in [4.78, 5) is 7.75. The molecule has 4 heteroatoms. The van der Waals surface area contributed by atoms with Crippen molar-refractivity contribution in [3.8, 4) is 22.3 Å². The molecule has 0 bridgehead atoms.